The van der Waals surface area contributed by atoms with Gasteiger partial charge in [0, 0.05) is 0 Å². The number of ether oxygens (including phenoxy) is 2. The predicted molar refractivity (Wildman–Crippen MR) is 111 cm³/mol. The number of rotatable bonds is 6. The zero-order valence-corrected chi connectivity index (χ0v) is 16.9. The maximum atomic E-state index is 10.5. The van der Waals surface area contributed by atoms with E-state index in [0.717, 1.165) is 11.1 Å². The van der Waals surface area contributed by atoms with Crippen molar-refractivity contribution < 1.29 is 29.9 Å². The van der Waals surface area contributed by atoms with Gasteiger partial charge >= 0.3 is 0 Å². The molecule has 2 aliphatic rings. The van der Waals surface area contributed by atoms with Gasteiger partial charge in [-0.3, -0.25) is 0 Å². The molecule has 0 aromatic heterocycles. The first-order valence-corrected chi connectivity index (χ1v) is 10.3. The van der Waals surface area contributed by atoms with Crippen LogP contribution in [0.15, 0.2) is 36.4 Å². The summed E-state index contributed by atoms with van der Waals surface area (Å²) in [5, 5.41) is 40.1. The molecule has 7 heteroatoms. The minimum atomic E-state index is -1.44. The standard InChI is InChI=1S/C23H29NO6/c1-29-17-10-16(23-22(28)21(27)20(26)18(11-25)30-23)9-15(19(17)24)8-12-2-4-13(5-3-12)14-6-7-14/h2-5,9-10,14,18,20-23,25-28H,6-8,11,24H2,1H3/t18-,20-,21?,22-,23+/m1/s1. The first-order chi connectivity index (χ1) is 14.4. The van der Waals surface area contributed by atoms with Crippen molar-refractivity contribution in [2.75, 3.05) is 19.5 Å². The Morgan fingerprint density at radius 3 is 2.30 bits per heavy atom. The van der Waals surface area contributed by atoms with E-state index in [1.165, 1.54) is 25.5 Å². The summed E-state index contributed by atoms with van der Waals surface area (Å²) in [6, 6.07) is 12.0. The predicted octanol–water partition coefficient (Wildman–Crippen LogP) is 1.26. The average molecular weight is 415 g/mol. The van der Waals surface area contributed by atoms with Gasteiger partial charge in [0.1, 0.15) is 36.3 Å². The molecule has 1 saturated heterocycles. The van der Waals surface area contributed by atoms with E-state index in [0.29, 0.717) is 29.3 Å². The van der Waals surface area contributed by atoms with Gasteiger partial charge in [0.15, 0.2) is 0 Å². The number of hydrogen-bond donors (Lipinski definition) is 5. The summed E-state index contributed by atoms with van der Waals surface area (Å²) < 4.78 is 11.1. The third kappa shape index (κ3) is 4.04. The molecule has 30 heavy (non-hydrogen) atoms. The zero-order valence-electron chi connectivity index (χ0n) is 16.9. The van der Waals surface area contributed by atoms with Crippen molar-refractivity contribution >= 4 is 5.69 Å². The van der Waals surface area contributed by atoms with Gasteiger partial charge in [0.2, 0.25) is 0 Å². The van der Waals surface area contributed by atoms with E-state index in [4.69, 9.17) is 15.2 Å². The van der Waals surface area contributed by atoms with Gasteiger partial charge in [0.05, 0.1) is 19.4 Å². The normalized spacial score (nSPS) is 29.0. The second-order valence-electron chi connectivity index (χ2n) is 8.24. The molecule has 2 fully saturated rings. The molecular formula is C23H29NO6. The summed E-state index contributed by atoms with van der Waals surface area (Å²) in [5.41, 5.74) is 10.6. The van der Waals surface area contributed by atoms with Crippen LogP contribution in [0.25, 0.3) is 0 Å². The van der Waals surface area contributed by atoms with Crippen molar-refractivity contribution in [1.82, 2.24) is 0 Å². The van der Waals surface area contributed by atoms with Crippen molar-refractivity contribution in [3.8, 4) is 5.75 Å². The van der Waals surface area contributed by atoms with Crippen molar-refractivity contribution in [3.05, 3.63) is 58.7 Å². The van der Waals surface area contributed by atoms with Crippen LogP contribution in [0.5, 0.6) is 5.75 Å². The molecule has 1 saturated carbocycles. The quantitative estimate of drug-likeness (QED) is 0.450. The summed E-state index contributed by atoms with van der Waals surface area (Å²) in [5.74, 6) is 1.13. The molecule has 1 aliphatic heterocycles. The van der Waals surface area contributed by atoms with Gasteiger partial charge in [-0.1, -0.05) is 30.3 Å². The van der Waals surface area contributed by atoms with E-state index in [1.807, 2.05) is 6.07 Å². The SMILES string of the molecule is COc1cc([C@@H]2O[C@H](CO)[C@@H](O)C(O)[C@H]2O)cc(Cc2ccc(C3CC3)cc2)c1N. The van der Waals surface area contributed by atoms with E-state index in [9.17, 15) is 20.4 Å². The molecule has 0 radical (unpaired) electrons. The van der Waals surface area contributed by atoms with E-state index >= 15 is 0 Å². The van der Waals surface area contributed by atoms with Crippen LogP contribution in [-0.2, 0) is 11.2 Å². The van der Waals surface area contributed by atoms with Gasteiger partial charge in [0.25, 0.3) is 0 Å². The van der Waals surface area contributed by atoms with Crippen LogP contribution in [0, 0.1) is 0 Å². The van der Waals surface area contributed by atoms with Crippen molar-refractivity contribution in [2.45, 2.75) is 55.7 Å². The van der Waals surface area contributed by atoms with Crippen molar-refractivity contribution in [2.24, 2.45) is 0 Å². The lowest BCUT2D eigenvalue weighted by atomic mass is 9.89. The number of anilines is 1. The molecule has 6 N–H and O–H groups in total. The number of nitrogen functional groups attached to an aromatic ring is 1. The number of aliphatic hydroxyl groups is 4. The molecule has 1 aliphatic carbocycles. The third-order valence-corrected chi connectivity index (χ3v) is 6.11. The Bertz CT molecular complexity index is 880. The Morgan fingerprint density at radius 1 is 1.00 bits per heavy atom. The molecule has 162 valence electrons. The molecule has 0 spiro atoms. The molecule has 0 bridgehead atoms. The number of methoxy groups -OCH3 is 1. The fourth-order valence-corrected chi connectivity index (χ4v) is 4.11. The maximum absolute atomic E-state index is 10.5. The Kier molecular flexibility index (Phi) is 5.99. The van der Waals surface area contributed by atoms with Gasteiger partial charge in [-0.25, -0.2) is 0 Å². The van der Waals surface area contributed by atoms with Crippen LogP contribution < -0.4 is 10.5 Å². The number of hydrogen-bond acceptors (Lipinski definition) is 7. The number of benzene rings is 2. The second-order valence-corrected chi connectivity index (χ2v) is 8.24. The molecule has 5 atom stereocenters. The minimum absolute atomic E-state index is 0.439. The molecule has 7 nitrogen and oxygen atoms in total. The van der Waals surface area contributed by atoms with E-state index < -0.39 is 37.1 Å². The Balaban J connectivity index is 1.64. The largest absolute Gasteiger partial charge is 0.495 e. The molecule has 1 heterocycles. The Morgan fingerprint density at radius 2 is 1.70 bits per heavy atom. The topological polar surface area (TPSA) is 125 Å². The fourth-order valence-electron chi connectivity index (χ4n) is 4.11. The fraction of sp³-hybridized carbons (Fsp3) is 0.478. The van der Waals surface area contributed by atoms with E-state index in [1.54, 1.807) is 6.07 Å². The summed E-state index contributed by atoms with van der Waals surface area (Å²) in [7, 11) is 1.51. The summed E-state index contributed by atoms with van der Waals surface area (Å²) in [4.78, 5) is 0. The van der Waals surface area contributed by atoms with Crippen molar-refractivity contribution in [3.63, 3.8) is 0 Å². The molecule has 2 aromatic rings. The first-order valence-electron chi connectivity index (χ1n) is 10.3. The minimum Gasteiger partial charge on any atom is -0.495 e. The molecular weight excluding hydrogens is 386 g/mol. The average Bonchev–Trinajstić information content (AvgIpc) is 3.60. The van der Waals surface area contributed by atoms with E-state index in [2.05, 4.69) is 24.3 Å². The van der Waals surface area contributed by atoms with Crippen LogP contribution in [-0.4, -0.2) is 58.6 Å². The van der Waals surface area contributed by atoms with Crippen LogP contribution >= 0.6 is 0 Å². The highest BCUT2D eigenvalue weighted by Crippen LogP contribution is 2.40. The van der Waals surface area contributed by atoms with Gasteiger partial charge < -0.3 is 35.6 Å². The molecule has 4 rings (SSSR count). The Hall–Kier alpha value is -2.16. The highest BCUT2D eigenvalue weighted by atomic mass is 16.5. The van der Waals surface area contributed by atoms with Crippen LogP contribution in [0.4, 0.5) is 5.69 Å². The van der Waals surface area contributed by atoms with Crippen molar-refractivity contribution in [1.29, 1.82) is 0 Å². The Labute approximate surface area is 175 Å². The highest BCUT2D eigenvalue weighted by molar-refractivity contribution is 5.61. The first kappa shape index (κ1) is 21.1. The molecule has 0 amide bonds. The smallest absolute Gasteiger partial charge is 0.142 e. The third-order valence-electron chi connectivity index (χ3n) is 6.11. The maximum Gasteiger partial charge on any atom is 0.142 e. The number of aliphatic hydroxyl groups excluding tert-OH is 4. The monoisotopic (exact) mass is 415 g/mol. The number of nitrogens with two attached hydrogens (primary N) is 1. The second kappa shape index (κ2) is 8.53. The lowest BCUT2D eigenvalue weighted by Gasteiger charge is -2.40. The van der Waals surface area contributed by atoms with Crippen LogP contribution in [0.3, 0.4) is 0 Å². The highest BCUT2D eigenvalue weighted by Gasteiger charge is 2.44. The van der Waals surface area contributed by atoms with Crippen LogP contribution in [0.2, 0.25) is 0 Å². The molecule has 1 unspecified atom stereocenters. The summed E-state index contributed by atoms with van der Waals surface area (Å²) >= 11 is 0. The molecule has 2 aromatic carbocycles. The summed E-state index contributed by atoms with van der Waals surface area (Å²) in [6.07, 6.45) is -3.04. The van der Waals surface area contributed by atoms with Gasteiger partial charge in [-0.15, -0.1) is 0 Å². The van der Waals surface area contributed by atoms with Gasteiger partial charge in [-0.05, 0) is 53.5 Å². The zero-order chi connectivity index (χ0) is 21.4. The summed E-state index contributed by atoms with van der Waals surface area (Å²) in [6.45, 7) is -0.478. The van der Waals surface area contributed by atoms with Gasteiger partial charge in [-0.2, -0.15) is 0 Å². The van der Waals surface area contributed by atoms with Crippen LogP contribution in [0.1, 0.15) is 47.1 Å². The van der Waals surface area contributed by atoms with E-state index in [-0.39, 0.29) is 0 Å². The lowest BCUT2D eigenvalue weighted by Crippen LogP contribution is -2.55. The lowest BCUT2D eigenvalue weighted by molar-refractivity contribution is -0.231.